The Morgan fingerprint density at radius 1 is 1.09 bits per heavy atom. The van der Waals surface area contributed by atoms with Gasteiger partial charge in [-0.2, -0.15) is 0 Å². The third kappa shape index (κ3) is 4.24. The van der Waals surface area contributed by atoms with Crippen molar-refractivity contribution in [2.24, 2.45) is 0 Å². The van der Waals surface area contributed by atoms with Gasteiger partial charge in [-0.3, -0.25) is 0 Å². The van der Waals surface area contributed by atoms with Gasteiger partial charge in [0.1, 0.15) is 24.7 Å². The highest BCUT2D eigenvalue weighted by atomic mass is 79.9. The van der Waals surface area contributed by atoms with Crippen LogP contribution in [0.5, 0.6) is 11.5 Å². The molecule has 116 valence electrons. The molecule has 5 heteroatoms. The zero-order valence-corrected chi connectivity index (χ0v) is 14.0. The average Bonchev–Trinajstić information content (AvgIpc) is 2.45. The minimum atomic E-state index is -0.970. The van der Waals surface area contributed by atoms with Crippen LogP contribution in [-0.4, -0.2) is 24.3 Å². The molecule has 0 fully saturated rings. The van der Waals surface area contributed by atoms with Gasteiger partial charge in [-0.1, -0.05) is 22.0 Å². The van der Waals surface area contributed by atoms with Gasteiger partial charge in [0.15, 0.2) is 0 Å². The molecule has 0 saturated heterocycles. The Bertz CT molecular complexity index is 659. The fourth-order valence-corrected chi connectivity index (χ4v) is 2.83. The molecular weight excluding hydrogens is 348 g/mol. The SMILES string of the molecule is Cc1cc(Br)cc(C)c1OCCOc1cccc(C(=O)O)c1. The lowest BCUT2D eigenvalue weighted by Gasteiger charge is -2.13. The van der Waals surface area contributed by atoms with Crippen molar-refractivity contribution < 1.29 is 19.4 Å². The summed E-state index contributed by atoms with van der Waals surface area (Å²) in [6.45, 7) is 4.72. The highest BCUT2D eigenvalue weighted by Gasteiger charge is 2.06. The maximum atomic E-state index is 10.9. The summed E-state index contributed by atoms with van der Waals surface area (Å²) < 4.78 is 12.3. The maximum absolute atomic E-state index is 10.9. The minimum absolute atomic E-state index is 0.206. The van der Waals surface area contributed by atoms with E-state index in [0.29, 0.717) is 19.0 Å². The van der Waals surface area contributed by atoms with E-state index < -0.39 is 5.97 Å². The van der Waals surface area contributed by atoms with E-state index in [1.54, 1.807) is 12.1 Å². The first-order valence-corrected chi connectivity index (χ1v) is 7.62. The predicted molar refractivity (Wildman–Crippen MR) is 88.0 cm³/mol. The van der Waals surface area contributed by atoms with Crippen molar-refractivity contribution in [1.82, 2.24) is 0 Å². The fraction of sp³-hybridized carbons (Fsp3) is 0.235. The van der Waals surface area contributed by atoms with Crippen molar-refractivity contribution in [3.8, 4) is 11.5 Å². The molecule has 0 spiro atoms. The number of benzene rings is 2. The second kappa shape index (κ2) is 7.31. The summed E-state index contributed by atoms with van der Waals surface area (Å²) in [7, 11) is 0. The standard InChI is InChI=1S/C17H17BrO4/c1-11-8-14(18)9-12(2)16(11)22-7-6-21-15-5-3-4-13(10-15)17(19)20/h3-5,8-10H,6-7H2,1-2H3,(H,19,20). The quantitative estimate of drug-likeness (QED) is 0.779. The van der Waals surface area contributed by atoms with Gasteiger partial charge >= 0.3 is 5.97 Å². The number of carbonyl (C=O) groups is 1. The zero-order chi connectivity index (χ0) is 16.1. The summed E-state index contributed by atoms with van der Waals surface area (Å²) in [6.07, 6.45) is 0. The average molecular weight is 365 g/mol. The largest absolute Gasteiger partial charge is 0.490 e. The van der Waals surface area contributed by atoms with E-state index in [1.165, 1.54) is 12.1 Å². The van der Waals surface area contributed by atoms with Gasteiger partial charge in [-0.05, 0) is 55.3 Å². The van der Waals surface area contributed by atoms with E-state index in [0.717, 1.165) is 21.3 Å². The molecule has 0 heterocycles. The first-order chi connectivity index (χ1) is 10.5. The molecule has 0 saturated carbocycles. The molecule has 1 N–H and O–H groups in total. The molecule has 0 unspecified atom stereocenters. The number of carboxylic acid groups (broad SMARTS) is 1. The molecule has 2 rings (SSSR count). The van der Waals surface area contributed by atoms with Gasteiger partial charge in [-0.25, -0.2) is 4.79 Å². The van der Waals surface area contributed by atoms with Crippen LogP contribution in [-0.2, 0) is 0 Å². The highest BCUT2D eigenvalue weighted by molar-refractivity contribution is 9.10. The molecule has 0 bridgehead atoms. The van der Waals surface area contributed by atoms with Crippen molar-refractivity contribution >= 4 is 21.9 Å². The minimum Gasteiger partial charge on any atom is -0.490 e. The van der Waals surface area contributed by atoms with Crippen molar-refractivity contribution in [3.05, 3.63) is 57.6 Å². The zero-order valence-electron chi connectivity index (χ0n) is 12.4. The Balaban J connectivity index is 1.90. The smallest absolute Gasteiger partial charge is 0.335 e. The second-order valence-corrected chi connectivity index (χ2v) is 5.81. The number of hydrogen-bond acceptors (Lipinski definition) is 3. The molecule has 2 aromatic carbocycles. The molecule has 4 nitrogen and oxygen atoms in total. The number of aromatic carboxylic acids is 1. The van der Waals surface area contributed by atoms with Crippen LogP contribution in [0.3, 0.4) is 0 Å². The third-order valence-corrected chi connectivity index (χ3v) is 3.56. The molecule has 0 amide bonds. The van der Waals surface area contributed by atoms with E-state index in [-0.39, 0.29) is 5.56 Å². The number of hydrogen-bond donors (Lipinski definition) is 1. The Kier molecular flexibility index (Phi) is 5.44. The first-order valence-electron chi connectivity index (χ1n) is 6.83. The van der Waals surface area contributed by atoms with Crippen LogP contribution in [0, 0.1) is 13.8 Å². The summed E-state index contributed by atoms with van der Waals surface area (Å²) in [5, 5.41) is 8.93. The molecule has 0 aliphatic rings. The summed E-state index contributed by atoms with van der Waals surface area (Å²) in [5.74, 6) is 0.404. The monoisotopic (exact) mass is 364 g/mol. The Morgan fingerprint density at radius 2 is 1.73 bits per heavy atom. The highest BCUT2D eigenvalue weighted by Crippen LogP contribution is 2.27. The van der Waals surface area contributed by atoms with E-state index in [9.17, 15) is 4.79 Å². The molecule has 0 aromatic heterocycles. The maximum Gasteiger partial charge on any atom is 0.335 e. The van der Waals surface area contributed by atoms with Crippen LogP contribution >= 0.6 is 15.9 Å². The van der Waals surface area contributed by atoms with Crippen LogP contribution in [0.4, 0.5) is 0 Å². The van der Waals surface area contributed by atoms with E-state index in [2.05, 4.69) is 15.9 Å². The van der Waals surface area contributed by atoms with Crippen LogP contribution in [0.25, 0.3) is 0 Å². The predicted octanol–water partition coefficient (Wildman–Crippen LogP) is 4.22. The number of carboxylic acids is 1. The van der Waals surface area contributed by atoms with Crippen LogP contribution < -0.4 is 9.47 Å². The lowest BCUT2D eigenvalue weighted by atomic mass is 10.1. The lowest BCUT2D eigenvalue weighted by Crippen LogP contribution is -2.10. The van der Waals surface area contributed by atoms with Gasteiger partial charge in [0.2, 0.25) is 0 Å². The molecule has 0 atom stereocenters. The molecule has 0 aliphatic carbocycles. The van der Waals surface area contributed by atoms with Crippen molar-refractivity contribution in [2.45, 2.75) is 13.8 Å². The van der Waals surface area contributed by atoms with Gasteiger partial charge in [0.25, 0.3) is 0 Å². The van der Waals surface area contributed by atoms with Gasteiger partial charge in [-0.15, -0.1) is 0 Å². The fourth-order valence-electron chi connectivity index (χ4n) is 2.15. The molecule has 22 heavy (non-hydrogen) atoms. The molecule has 0 radical (unpaired) electrons. The van der Waals surface area contributed by atoms with Crippen LogP contribution in [0.2, 0.25) is 0 Å². The Labute approximate surface area is 137 Å². The molecule has 2 aromatic rings. The van der Waals surface area contributed by atoms with E-state index in [1.807, 2.05) is 26.0 Å². The van der Waals surface area contributed by atoms with E-state index in [4.69, 9.17) is 14.6 Å². The topological polar surface area (TPSA) is 55.8 Å². The number of rotatable bonds is 6. The number of halogens is 1. The third-order valence-electron chi connectivity index (χ3n) is 3.10. The van der Waals surface area contributed by atoms with Gasteiger partial charge in [0, 0.05) is 4.47 Å². The van der Waals surface area contributed by atoms with Crippen molar-refractivity contribution in [1.29, 1.82) is 0 Å². The lowest BCUT2D eigenvalue weighted by molar-refractivity contribution is 0.0696. The molecular formula is C17H17BrO4. The Morgan fingerprint density at radius 3 is 2.36 bits per heavy atom. The van der Waals surface area contributed by atoms with Crippen molar-refractivity contribution in [2.75, 3.05) is 13.2 Å². The van der Waals surface area contributed by atoms with Crippen LogP contribution in [0.1, 0.15) is 21.5 Å². The second-order valence-electron chi connectivity index (χ2n) is 4.90. The summed E-state index contributed by atoms with van der Waals surface area (Å²) in [6, 6.07) is 10.4. The summed E-state index contributed by atoms with van der Waals surface area (Å²) >= 11 is 3.45. The Hall–Kier alpha value is -2.01. The summed E-state index contributed by atoms with van der Waals surface area (Å²) in [4.78, 5) is 10.9. The number of ether oxygens (including phenoxy) is 2. The number of aryl methyl sites for hydroxylation is 2. The van der Waals surface area contributed by atoms with Crippen molar-refractivity contribution in [3.63, 3.8) is 0 Å². The van der Waals surface area contributed by atoms with Gasteiger partial charge in [0.05, 0.1) is 5.56 Å². The normalized spacial score (nSPS) is 10.3. The molecule has 0 aliphatic heterocycles. The first kappa shape index (κ1) is 16.4. The van der Waals surface area contributed by atoms with Crippen LogP contribution in [0.15, 0.2) is 40.9 Å². The van der Waals surface area contributed by atoms with Gasteiger partial charge < -0.3 is 14.6 Å². The summed E-state index contributed by atoms with van der Waals surface area (Å²) in [5.41, 5.74) is 2.32. The van der Waals surface area contributed by atoms with E-state index >= 15 is 0 Å².